The topological polar surface area (TPSA) is 46.3 Å². The van der Waals surface area contributed by atoms with Gasteiger partial charge in [-0.15, -0.1) is 0 Å². The molecule has 1 aliphatic heterocycles. The van der Waals surface area contributed by atoms with Crippen molar-refractivity contribution in [1.82, 2.24) is 4.90 Å². The molecule has 0 bridgehead atoms. The first-order valence-corrected chi connectivity index (χ1v) is 6.20. The summed E-state index contributed by atoms with van der Waals surface area (Å²) < 4.78 is 0. The molecule has 1 saturated heterocycles. The normalized spacial score (nSPS) is 20.3. The maximum absolute atomic E-state index is 11.8. The first-order chi connectivity index (χ1) is 7.17. The summed E-state index contributed by atoms with van der Waals surface area (Å²) in [5, 5.41) is 0. The molecule has 15 heavy (non-hydrogen) atoms. The Hall–Kier alpha value is -0.570. The fourth-order valence-electron chi connectivity index (χ4n) is 2.09. The lowest BCUT2D eigenvalue weighted by molar-refractivity contribution is -0.133. The van der Waals surface area contributed by atoms with E-state index < -0.39 is 0 Å². The molecule has 3 nitrogen and oxygen atoms in total. The van der Waals surface area contributed by atoms with Crippen molar-refractivity contribution in [2.24, 2.45) is 11.7 Å². The summed E-state index contributed by atoms with van der Waals surface area (Å²) in [6.45, 7) is 6.14. The van der Waals surface area contributed by atoms with Crippen molar-refractivity contribution in [3.8, 4) is 0 Å². The smallest absolute Gasteiger partial charge is 0.224 e. The van der Waals surface area contributed by atoms with Crippen LogP contribution in [0, 0.1) is 5.92 Å². The minimum absolute atomic E-state index is 0.0430. The Morgan fingerprint density at radius 2 is 2.00 bits per heavy atom. The van der Waals surface area contributed by atoms with Gasteiger partial charge in [-0.25, -0.2) is 0 Å². The van der Waals surface area contributed by atoms with E-state index in [4.69, 9.17) is 5.73 Å². The number of likely N-dealkylation sites (tertiary alicyclic amines) is 1. The summed E-state index contributed by atoms with van der Waals surface area (Å²) in [5.74, 6) is 1.08. The number of hydrogen-bond donors (Lipinski definition) is 1. The molecule has 1 aliphatic rings. The van der Waals surface area contributed by atoms with E-state index in [1.165, 1.54) is 19.3 Å². The third-order valence-electron chi connectivity index (χ3n) is 3.51. The first-order valence-electron chi connectivity index (χ1n) is 6.20. The van der Waals surface area contributed by atoms with Crippen LogP contribution in [0.15, 0.2) is 0 Å². The van der Waals surface area contributed by atoms with Crippen LogP contribution >= 0.6 is 0 Å². The van der Waals surface area contributed by atoms with E-state index in [-0.39, 0.29) is 11.9 Å². The Labute approximate surface area is 93.0 Å². The van der Waals surface area contributed by atoms with Crippen LogP contribution in [-0.4, -0.2) is 29.9 Å². The summed E-state index contributed by atoms with van der Waals surface area (Å²) in [6.07, 6.45) is 4.99. The molecular formula is C12H24N2O. The first kappa shape index (κ1) is 12.5. The van der Waals surface area contributed by atoms with Crippen molar-refractivity contribution in [2.45, 2.75) is 52.0 Å². The highest BCUT2D eigenvalue weighted by Gasteiger charge is 2.22. The van der Waals surface area contributed by atoms with Crippen molar-refractivity contribution in [3.63, 3.8) is 0 Å². The maximum Gasteiger partial charge on any atom is 0.224 e. The standard InChI is InChI=1S/C12H24N2O/c1-3-10-5-7-14(8-6-10)12(15)9-11(13)4-2/h10-11H,3-9,13H2,1-2H3. The molecule has 0 spiro atoms. The number of carbonyl (C=O) groups excluding carboxylic acids is 1. The summed E-state index contributed by atoms with van der Waals surface area (Å²) in [4.78, 5) is 13.8. The van der Waals surface area contributed by atoms with Crippen LogP contribution in [-0.2, 0) is 4.79 Å². The van der Waals surface area contributed by atoms with Gasteiger partial charge in [0, 0.05) is 25.6 Å². The van der Waals surface area contributed by atoms with Crippen molar-refractivity contribution >= 4 is 5.91 Å². The van der Waals surface area contributed by atoms with Gasteiger partial charge in [-0.05, 0) is 25.2 Å². The summed E-state index contributed by atoms with van der Waals surface area (Å²) >= 11 is 0. The van der Waals surface area contributed by atoms with Gasteiger partial charge in [0.25, 0.3) is 0 Å². The molecular weight excluding hydrogens is 188 g/mol. The van der Waals surface area contributed by atoms with E-state index >= 15 is 0 Å². The van der Waals surface area contributed by atoms with Gasteiger partial charge >= 0.3 is 0 Å². The van der Waals surface area contributed by atoms with Crippen molar-refractivity contribution in [2.75, 3.05) is 13.1 Å². The Bertz CT molecular complexity index is 198. The summed E-state index contributed by atoms with van der Waals surface area (Å²) in [5.41, 5.74) is 5.79. The third-order valence-corrected chi connectivity index (χ3v) is 3.51. The molecule has 1 fully saturated rings. The second-order valence-corrected chi connectivity index (χ2v) is 4.60. The van der Waals surface area contributed by atoms with Gasteiger partial charge in [-0.1, -0.05) is 20.3 Å². The number of hydrogen-bond acceptors (Lipinski definition) is 2. The SMILES string of the molecule is CCC(N)CC(=O)N1CCC(CC)CC1. The third kappa shape index (κ3) is 3.82. The maximum atomic E-state index is 11.8. The van der Waals surface area contributed by atoms with E-state index in [0.717, 1.165) is 25.4 Å². The molecule has 2 N–H and O–H groups in total. The van der Waals surface area contributed by atoms with Crippen LogP contribution in [0.25, 0.3) is 0 Å². The van der Waals surface area contributed by atoms with E-state index in [1.807, 2.05) is 11.8 Å². The van der Waals surface area contributed by atoms with Gasteiger partial charge in [-0.2, -0.15) is 0 Å². The molecule has 1 heterocycles. The van der Waals surface area contributed by atoms with Crippen molar-refractivity contribution in [1.29, 1.82) is 0 Å². The summed E-state index contributed by atoms with van der Waals surface area (Å²) in [7, 11) is 0. The molecule has 1 unspecified atom stereocenters. The second kappa shape index (κ2) is 6.11. The predicted molar refractivity (Wildman–Crippen MR) is 62.5 cm³/mol. The van der Waals surface area contributed by atoms with E-state index in [1.54, 1.807) is 0 Å². The summed E-state index contributed by atoms with van der Waals surface area (Å²) in [6, 6.07) is 0.0430. The Balaban J connectivity index is 2.30. The van der Waals surface area contributed by atoms with Gasteiger partial charge in [0.1, 0.15) is 0 Å². The average Bonchev–Trinajstić information content (AvgIpc) is 2.29. The molecule has 0 aromatic heterocycles. The highest BCUT2D eigenvalue weighted by molar-refractivity contribution is 5.76. The molecule has 1 atom stereocenters. The molecule has 0 aromatic carbocycles. The van der Waals surface area contributed by atoms with Gasteiger partial charge in [0.2, 0.25) is 5.91 Å². The Morgan fingerprint density at radius 1 is 1.40 bits per heavy atom. The molecule has 0 saturated carbocycles. The van der Waals surface area contributed by atoms with Gasteiger partial charge in [0.15, 0.2) is 0 Å². The number of rotatable bonds is 4. The molecule has 88 valence electrons. The number of nitrogens with two attached hydrogens (primary N) is 1. The lowest BCUT2D eigenvalue weighted by Crippen LogP contribution is -2.40. The highest BCUT2D eigenvalue weighted by atomic mass is 16.2. The minimum Gasteiger partial charge on any atom is -0.343 e. The lowest BCUT2D eigenvalue weighted by Gasteiger charge is -2.32. The number of piperidine rings is 1. The van der Waals surface area contributed by atoms with Gasteiger partial charge in [0.05, 0.1) is 0 Å². The predicted octanol–water partition coefficient (Wildman–Crippen LogP) is 1.76. The second-order valence-electron chi connectivity index (χ2n) is 4.60. The molecule has 1 rings (SSSR count). The highest BCUT2D eigenvalue weighted by Crippen LogP contribution is 2.20. The molecule has 3 heteroatoms. The van der Waals surface area contributed by atoms with E-state index in [2.05, 4.69) is 6.92 Å². The van der Waals surface area contributed by atoms with E-state index in [9.17, 15) is 4.79 Å². The zero-order valence-corrected chi connectivity index (χ0v) is 10.0. The zero-order chi connectivity index (χ0) is 11.3. The molecule has 1 amide bonds. The van der Waals surface area contributed by atoms with Crippen molar-refractivity contribution in [3.05, 3.63) is 0 Å². The average molecular weight is 212 g/mol. The lowest BCUT2D eigenvalue weighted by atomic mass is 9.94. The van der Waals surface area contributed by atoms with Crippen LogP contribution in [0.3, 0.4) is 0 Å². The molecule has 0 aliphatic carbocycles. The molecule has 0 radical (unpaired) electrons. The van der Waals surface area contributed by atoms with E-state index in [0.29, 0.717) is 6.42 Å². The number of nitrogens with zero attached hydrogens (tertiary/aromatic N) is 1. The monoisotopic (exact) mass is 212 g/mol. The number of amides is 1. The zero-order valence-electron chi connectivity index (χ0n) is 10.0. The molecule has 0 aromatic rings. The van der Waals surface area contributed by atoms with Gasteiger partial charge in [-0.3, -0.25) is 4.79 Å². The fraction of sp³-hybridized carbons (Fsp3) is 0.917. The van der Waals surface area contributed by atoms with Crippen molar-refractivity contribution < 1.29 is 4.79 Å². The largest absolute Gasteiger partial charge is 0.343 e. The van der Waals surface area contributed by atoms with Crippen LogP contribution in [0.4, 0.5) is 0 Å². The quantitative estimate of drug-likeness (QED) is 0.772. The Morgan fingerprint density at radius 3 is 2.47 bits per heavy atom. The fourth-order valence-corrected chi connectivity index (χ4v) is 2.09. The van der Waals surface area contributed by atoms with Gasteiger partial charge < -0.3 is 10.6 Å². The number of carbonyl (C=O) groups is 1. The van der Waals surface area contributed by atoms with Crippen LogP contribution in [0.2, 0.25) is 0 Å². The van der Waals surface area contributed by atoms with Crippen LogP contribution < -0.4 is 5.73 Å². The van der Waals surface area contributed by atoms with Crippen LogP contribution in [0.1, 0.15) is 46.0 Å². The Kier molecular flexibility index (Phi) is 5.09. The minimum atomic E-state index is 0.0430. The van der Waals surface area contributed by atoms with Crippen LogP contribution in [0.5, 0.6) is 0 Å².